The summed E-state index contributed by atoms with van der Waals surface area (Å²) in [5.41, 5.74) is 1.01. The summed E-state index contributed by atoms with van der Waals surface area (Å²) in [4.78, 5) is 8.12. The Morgan fingerprint density at radius 2 is 2.08 bits per heavy atom. The van der Waals surface area contributed by atoms with Crippen LogP contribution in [0.2, 0.25) is 5.02 Å². The fraction of sp³-hybridized carbons (Fsp3) is 0.412. The van der Waals surface area contributed by atoms with Gasteiger partial charge in [-0.3, -0.25) is 4.90 Å². The fourth-order valence-corrected chi connectivity index (χ4v) is 4.74. The summed E-state index contributed by atoms with van der Waals surface area (Å²) < 4.78 is 1.49. The van der Waals surface area contributed by atoms with Crippen LogP contribution in [0.4, 0.5) is 0 Å². The van der Waals surface area contributed by atoms with Crippen LogP contribution < -0.4 is 0 Å². The highest BCUT2D eigenvalue weighted by Crippen LogP contribution is 2.41. The summed E-state index contributed by atoms with van der Waals surface area (Å²) in [6.45, 7) is 3.31. The molecule has 8 heteroatoms. The van der Waals surface area contributed by atoms with Crippen LogP contribution in [0.15, 0.2) is 24.3 Å². The van der Waals surface area contributed by atoms with E-state index in [4.69, 9.17) is 11.6 Å². The van der Waals surface area contributed by atoms with Gasteiger partial charge in [-0.2, -0.15) is 4.52 Å². The molecule has 0 amide bonds. The quantitative estimate of drug-likeness (QED) is 0.732. The monoisotopic (exact) mass is 378 g/mol. The Balaban J connectivity index is 1.81. The average Bonchev–Trinajstić information content (AvgIpc) is 3.08. The highest BCUT2D eigenvalue weighted by molar-refractivity contribution is 7.17. The maximum Gasteiger partial charge on any atom is 0.230 e. The second kappa shape index (κ2) is 6.57. The van der Waals surface area contributed by atoms with Gasteiger partial charge in [0, 0.05) is 18.1 Å². The molecule has 3 heterocycles. The molecule has 1 aliphatic rings. The van der Waals surface area contributed by atoms with Crippen molar-refractivity contribution in [2.24, 2.45) is 0 Å². The number of fused-ring (bicyclic) bond motifs is 1. The molecule has 0 bridgehead atoms. The van der Waals surface area contributed by atoms with Gasteiger partial charge in [0.25, 0.3) is 0 Å². The van der Waals surface area contributed by atoms with Gasteiger partial charge >= 0.3 is 0 Å². The smallest absolute Gasteiger partial charge is 0.230 e. The van der Waals surface area contributed by atoms with Crippen LogP contribution in [0.3, 0.4) is 0 Å². The van der Waals surface area contributed by atoms with Crippen molar-refractivity contribution in [2.45, 2.75) is 31.9 Å². The fourth-order valence-electron chi connectivity index (χ4n) is 3.37. The predicted molar refractivity (Wildman–Crippen MR) is 97.4 cm³/mol. The van der Waals surface area contributed by atoms with Gasteiger partial charge in [-0.25, -0.2) is 4.98 Å². The third-order valence-electron chi connectivity index (χ3n) is 4.58. The Labute approximate surface area is 154 Å². The van der Waals surface area contributed by atoms with Crippen LogP contribution in [0.5, 0.6) is 5.88 Å². The number of aromatic hydroxyl groups is 1. The molecule has 132 valence electrons. The molecule has 1 fully saturated rings. The molecule has 0 saturated carbocycles. The molecule has 4 rings (SSSR count). The number of benzene rings is 1. The zero-order chi connectivity index (χ0) is 17.6. The number of aliphatic hydroxyl groups excluding tert-OH is 1. The largest absolute Gasteiger partial charge is 0.492 e. The molecule has 1 aliphatic heterocycles. The van der Waals surface area contributed by atoms with Gasteiger partial charge in [0.2, 0.25) is 10.8 Å². The van der Waals surface area contributed by atoms with Gasteiger partial charge in [0.05, 0.1) is 17.0 Å². The number of aromatic nitrogens is 3. The molecule has 6 nitrogen and oxygen atoms in total. The number of hydrogen-bond acceptors (Lipinski definition) is 6. The van der Waals surface area contributed by atoms with E-state index in [0.29, 0.717) is 15.8 Å². The Morgan fingerprint density at radius 3 is 2.76 bits per heavy atom. The molecule has 0 aliphatic carbocycles. The van der Waals surface area contributed by atoms with Crippen LogP contribution in [-0.4, -0.2) is 48.9 Å². The number of rotatable bonds is 3. The van der Waals surface area contributed by atoms with Gasteiger partial charge in [-0.15, -0.1) is 5.10 Å². The van der Waals surface area contributed by atoms with E-state index in [1.54, 1.807) is 6.92 Å². The summed E-state index contributed by atoms with van der Waals surface area (Å²) in [6.07, 6.45) is 1.19. The molecular weight excluding hydrogens is 360 g/mol. The average molecular weight is 379 g/mol. The van der Waals surface area contributed by atoms with Gasteiger partial charge in [0.1, 0.15) is 5.82 Å². The highest BCUT2D eigenvalue weighted by Gasteiger charge is 2.31. The van der Waals surface area contributed by atoms with E-state index in [1.807, 2.05) is 24.3 Å². The molecule has 1 atom stereocenters. The lowest BCUT2D eigenvalue weighted by Gasteiger charge is -2.36. The number of piperidine rings is 1. The maximum absolute atomic E-state index is 10.7. The van der Waals surface area contributed by atoms with E-state index >= 15 is 0 Å². The van der Waals surface area contributed by atoms with E-state index in [1.165, 1.54) is 15.9 Å². The van der Waals surface area contributed by atoms with Crippen molar-refractivity contribution < 1.29 is 10.2 Å². The number of likely N-dealkylation sites (tertiary alicyclic amines) is 1. The predicted octanol–water partition coefficient (Wildman–Crippen LogP) is 3.00. The van der Waals surface area contributed by atoms with Gasteiger partial charge < -0.3 is 10.2 Å². The summed E-state index contributed by atoms with van der Waals surface area (Å²) in [5, 5.41) is 25.5. The minimum absolute atomic E-state index is 0.122. The van der Waals surface area contributed by atoms with Crippen LogP contribution in [0.1, 0.15) is 35.1 Å². The molecule has 1 aromatic carbocycles. The Morgan fingerprint density at radius 1 is 1.32 bits per heavy atom. The Hall–Kier alpha value is -1.67. The van der Waals surface area contributed by atoms with E-state index in [-0.39, 0.29) is 18.0 Å². The van der Waals surface area contributed by atoms with E-state index in [0.717, 1.165) is 36.4 Å². The highest BCUT2D eigenvalue weighted by atomic mass is 35.5. The van der Waals surface area contributed by atoms with Gasteiger partial charge in [-0.05, 0) is 37.5 Å². The van der Waals surface area contributed by atoms with Crippen LogP contribution in [0.25, 0.3) is 4.96 Å². The van der Waals surface area contributed by atoms with E-state index in [9.17, 15) is 10.2 Å². The molecule has 0 unspecified atom stereocenters. The molecule has 2 N–H and O–H groups in total. The van der Waals surface area contributed by atoms with Crippen LogP contribution in [-0.2, 0) is 0 Å². The zero-order valence-corrected chi connectivity index (χ0v) is 15.3. The minimum atomic E-state index is -0.255. The molecule has 3 aromatic rings. The summed E-state index contributed by atoms with van der Waals surface area (Å²) >= 11 is 7.65. The first-order chi connectivity index (χ1) is 12.0. The van der Waals surface area contributed by atoms with Crippen LogP contribution in [0, 0.1) is 6.92 Å². The van der Waals surface area contributed by atoms with Crippen molar-refractivity contribution in [2.75, 3.05) is 13.1 Å². The molecule has 0 spiro atoms. The maximum atomic E-state index is 10.7. The third kappa shape index (κ3) is 3.13. The number of aliphatic hydroxyl groups is 1. The topological polar surface area (TPSA) is 73.9 Å². The van der Waals surface area contributed by atoms with Crippen molar-refractivity contribution in [1.29, 1.82) is 0 Å². The molecule has 25 heavy (non-hydrogen) atoms. The standard InChI is InChI=1S/C17H19ClN4O2S/c1-10-19-17-22(20-10)16(24)15(25-17)14(11-3-2-4-12(18)9-11)21-7-5-13(23)6-8-21/h2-4,9,13-14,23-24H,5-8H2,1H3/t14-/m1/s1. The summed E-state index contributed by atoms with van der Waals surface area (Å²) in [5.74, 6) is 0.755. The second-order valence-electron chi connectivity index (χ2n) is 6.37. The summed E-state index contributed by atoms with van der Waals surface area (Å²) in [7, 11) is 0. The van der Waals surface area contributed by atoms with Crippen molar-refractivity contribution in [1.82, 2.24) is 19.5 Å². The number of nitrogens with zero attached hydrogens (tertiary/aromatic N) is 4. The van der Waals surface area contributed by atoms with Crippen molar-refractivity contribution in [3.63, 3.8) is 0 Å². The third-order valence-corrected chi connectivity index (χ3v) is 5.89. The normalized spacial score (nSPS) is 18.0. The first-order valence-corrected chi connectivity index (χ1v) is 9.45. The summed E-state index contributed by atoms with van der Waals surface area (Å²) in [6, 6.07) is 7.57. The van der Waals surface area contributed by atoms with Crippen molar-refractivity contribution in [3.8, 4) is 5.88 Å². The molecule has 1 saturated heterocycles. The first-order valence-electron chi connectivity index (χ1n) is 8.25. The molecule has 2 aromatic heterocycles. The number of halogens is 1. The van der Waals surface area contributed by atoms with Crippen molar-refractivity contribution >= 4 is 27.9 Å². The van der Waals surface area contributed by atoms with Gasteiger partial charge in [-0.1, -0.05) is 35.1 Å². The SMILES string of the molecule is Cc1nc2sc([C@@H](c3cccc(Cl)c3)N3CCC(O)CC3)c(O)n2n1. The molecular formula is C17H19ClN4O2S. The van der Waals surface area contributed by atoms with Gasteiger partial charge in [0.15, 0.2) is 0 Å². The van der Waals surface area contributed by atoms with E-state index < -0.39 is 0 Å². The number of hydrogen-bond donors (Lipinski definition) is 2. The van der Waals surface area contributed by atoms with Crippen LogP contribution >= 0.6 is 22.9 Å². The minimum Gasteiger partial charge on any atom is -0.492 e. The zero-order valence-electron chi connectivity index (χ0n) is 13.8. The lowest BCUT2D eigenvalue weighted by Crippen LogP contribution is -2.38. The van der Waals surface area contributed by atoms with Crippen molar-refractivity contribution in [3.05, 3.63) is 45.6 Å². The lowest BCUT2D eigenvalue weighted by atomic mass is 9.99. The number of thiazole rings is 1. The Bertz CT molecular complexity index is 901. The van der Waals surface area contributed by atoms with E-state index in [2.05, 4.69) is 15.0 Å². The molecule has 0 radical (unpaired) electrons. The number of aryl methyl sites for hydroxylation is 1. The first kappa shape index (κ1) is 16.8. The second-order valence-corrected chi connectivity index (χ2v) is 7.81. The Kier molecular flexibility index (Phi) is 4.41. The lowest BCUT2D eigenvalue weighted by molar-refractivity contribution is 0.0689.